The van der Waals surface area contributed by atoms with Crippen LogP contribution in [-0.4, -0.2) is 43.3 Å². The summed E-state index contributed by atoms with van der Waals surface area (Å²) in [7, 11) is 1.73. The molecule has 1 aliphatic heterocycles. The number of aromatic nitrogens is 2. The van der Waals surface area contributed by atoms with E-state index in [0.717, 1.165) is 55.3 Å². The van der Waals surface area contributed by atoms with E-state index in [-0.39, 0.29) is 0 Å². The first-order valence-electron chi connectivity index (χ1n) is 8.52. The molecule has 1 aliphatic rings. The van der Waals surface area contributed by atoms with Crippen molar-refractivity contribution >= 4 is 22.7 Å². The van der Waals surface area contributed by atoms with Crippen LogP contribution in [0.15, 0.2) is 24.3 Å². The van der Waals surface area contributed by atoms with E-state index in [0.29, 0.717) is 5.92 Å². The highest BCUT2D eigenvalue weighted by atomic mass is 16.5. The zero-order valence-electron chi connectivity index (χ0n) is 14.1. The van der Waals surface area contributed by atoms with Crippen molar-refractivity contribution in [3.8, 4) is 0 Å². The van der Waals surface area contributed by atoms with E-state index in [1.54, 1.807) is 7.11 Å². The second-order valence-electron chi connectivity index (χ2n) is 6.36. The Bertz CT molecular complexity index is 646. The summed E-state index contributed by atoms with van der Waals surface area (Å²) >= 11 is 0. The number of nitrogens with zero attached hydrogens (tertiary/aromatic N) is 3. The molecular weight excluding hydrogens is 288 g/mol. The molecule has 5 heteroatoms. The molecule has 0 aliphatic carbocycles. The smallest absolute Gasteiger partial charge is 0.227 e. The number of para-hydroxylation sites is 1. The van der Waals surface area contributed by atoms with E-state index in [4.69, 9.17) is 14.7 Å². The Balaban J connectivity index is 1.86. The fourth-order valence-corrected chi connectivity index (χ4v) is 3.13. The number of benzene rings is 1. The lowest BCUT2D eigenvalue weighted by Crippen LogP contribution is -2.35. The third-order valence-corrected chi connectivity index (χ3v) is 4.35. The van der Waals surface area contributed by atoms with Gasteiger partial charge in [0.15, 0.2) is 0 Å². The van der Waals surface area contributed by atoms with E-state index >= 15 is 0 Å². The first-order valence-corrected chi connectivity index (χ1v) is 8.52. The summed E-state index contributed by atoms with van der Waals surface area (Å²) in [4.78, 5) is 11.9. The van der Waals surface area contributed by atoms with Crippen molar-refractivity contribution in [1.29, 1.82) is 0 Å². The van der Waals surface area contributed by atoms with Gasteiger partial charge in [-0.05, 0) is 37.3 Å². The van der Waals surface area contributed by atoms with Gasteiger partial charge in [-0.3, -0.25) is 0 Å². The van der Waals surface area contributed by atoms with Crippen molar-refractivity contribution in [2.75, 3.05) is 43.6 Å². The molecule has 0 saturated carbocycles. The standard InChI is InChI=1S/C18H26N4O/c1-14-7-5-11-22(13-14)18-20-16-9-4-3-8-15(16)17(21-18)19-10-6-12-23-2/h3-4,8-9,14H,5-7,10-13H2,1-2H3,(H,19,20,21). The Morgan fingerprint density at radius 1 is 1.30 bits per heavy atom. The molecule has 124 valence electrons. The number of anilines is 2. The summed E-state index contributed by atoms with van der Waals surface area (Å²) in [5.41, 5.74) is 1.00. The van der Waals surface area contributed by atoms with E-state index < -0.39 is 0 Å². The number of ether oxygens (including phenoxy) is 1. The van der Waals surface area contributed by atoms with Crippen LogP contribution >= 0.6 is 0 Å². The normalized spacial score (nSPS) is 18.3. The number of hydrogen-bond donors (Lipinski definition) is 1. The van der Waals surface area contributed by atoms with Crippen LogP contribution in [0, 0.1) is 5.92 Å². The van der Waals surface area contributed by atoms with Gasteiger partial charge in [0, 0.05) is 38.7 Å². The van der Waals surface area contributed by atoms with Gasteiger partial charge in [0.05, 0.1) is 5.52 Å². The second kappa shape index (κ2) is 7.59. The van der Waals surface area contributed by atoms with Gasteiger partial charge in [-0.25, -0.2) is 4.98 Å². The molecular formula is C18H26N4O. The number of piperidine rings is 1. The fourth-order valence-electron chi connectivity index (χ4n) is 3.13. The largest absolute Gasteiger partial charge is 0.385 e. The van der Waals surface area contributed by atoms with Crippen LogP contribution in [0.25, 0.3) is 10.9 Å². The predicted octanol–water partition coefficient (Wildman–Crippen LogP) is 3.31. The molecule has 1 aromatic heterocycles. The molecule has 0 amide bonds. The zero-order chi connectivity index (χ0) is 16.1. The number of methoxy groups -OCH3 is 1. The summed E-state index contributed by atoms with van der Waals surface area (Å²) in [6.45, 7) is 6.00. The molecule has 1 fully saturated rings. The Hall–Kier alpha value is -1.88. The third kappa shape index (κ3) is 3.91. The van der Waals surface area contributed by atoms with Crippen LogP contribution in [-0.2, 0) is 4.74 Å². The van der Waals surface area contributed by atoms with Gasteiger partial charge in [0.1, 0.15) is 5.82 Å². The summed E-state index contributed by atoms with van der Waals surface area (Å²) in [6, 6.07) is 8.21. The number of rotatable bonds is 6. The first-order chi connectivity index (χ1) is 11.3. The maximum Gasteiger partial charge on any atom is 0.227 e. The molecule has 1 aromatic carbocycles. The number of fused-ring (bicyclic) bond motifs is 1. The monoisotopic (exact) mass is 314 g/mol. The summed E-state index contributed by atoms with van der Waals surface area (Å²) in [5.74, 6) is 2.49. The van der Waals surface area contributed by atoms with Crippen LogP contribution in [0.3, 0.4) is 0 Å². The summed E-state index contributed by atoms with van der Waals surface area (Å²) in [6.07, 6.45) is 3.48. The molecule has 0 spiro atoms. The highest BCUT2D eigenvalue weighted by Gasteiger charge is 2.20. The lowest BCUT2D eigenvalue weighted by molar-refractivity contribution is 0.198. The van der Waals surface area contributed by atoms with Gasteiger partial charge in [-0.2, -0.15) is 4.98 Å². The van der Waals surface area contributed by atoms with E-state index in [1.165, 1.54) is 12.8 Å². The molecule has 1 atom stereocenters. The van der Waals surface area contributed by atoms with Crippen molar-refractivity contribution in [2.24, 2.45) is 5.92 Å². The van der Waals surface area contributed by atoms with E-state index in [1.807, 2.05) is 12.1 Å². The highest BCUT2D eigenvalue weighted by molar-refractivity contribution is 5.90. The third-order valence-electron chi connectivity index (χ3n) is 4.35. The van der Waals surface area contributed by atoms with Gasteiger partial charge in [0.2, 0.25) is 5.95 Å². The SMILES string of the molecule is COCCCNc1nc(N2CCCC(C)C2)nc2ccccc12. The van der Waals surface area contributed by atoms with Crippen molar-refractivity contribution in [1.82, 2.24) is 9.97 Å². The van der Waals surface area contributed by atoms with Crippen molar-refractivity contribution in [3.05, 3.63) is 24.3 Å². The zero-order valence-corrected chi connectivity index (χ0v) is 14.1. The van der Waals surface area contributed by atoms with Gasteiger partial charge < -0.3 is 15.0 Å². The minimum absolute atomic E-state index is 0.705. The van der Waals surface area contributed by atoms with Gasteiger partial charge >= 0.3 is 0 Å². The molecule has 5 nitrogen and oxygen atoms in total. The van der Waals surface area contributed by atoms with Crippen LogP contribution < -0.4 is 10.2 Å². The molecule has 2 aromatic rings. The predicted molar refractivity (Wildman–Crippen MR) is 95.1 cm³/mol. The Morgan fingerprint density at radius 3 is 3.00 bits per heavy atom. The maximum atomic E-state index is 5.12. The summed E-state index contributed by atoms with van der Waals surface area (Å²) in [5, 5.41) is 4.54. The highest BCUT2D eigenvalue weighted by Crippen LogP contribution is 2.26. The Morgan fingerprint density at radius 2 is 2.17 bits per heavy atom. The van der Waals surface area contributed by atoms with Crippen molar-refractivity contribution in [3.63, 3.8) is 0 Å². The lowest BCUT2D eigenvalue weighted by Gasteiger charge is -2.31. The van der Waals surface area contributed by atoms with E-state index in [2.05, 4.69) is 29.3 Å². The average molecular weight is 314 g/mol. The molecule has 0 bridgehead atoms. The number of hydrogen-bond acceptors (Lipinski definition) is 5. The Kier molecular flexibility index (Phi) is 5.28. The average Bonchev–Trinajstić information content (AvgIpc) is 2.58. The molecule has 0 radical (unpaired) electrons. The maximum absolute atomic E-state index is 5.12. The fraction of sp³-hybridized carbons (Fsp3) is 0.556. The quantitative estimate of drug-likeness (QED) is 0.829. The topological polar surface area (TPSA) is 50.3 Å². The van der Waals surface area contributed by atoms with E-state index in [9.17, 15) is 0 Å². The summed E-state index contributed by atoms with van der Waals surface area (Å²) < 4.78 is 5.12. The van der Waals surface area contributed by atoms with Crippen LogP contribution in [0.2, 0.25) is 0 Å². The van der Waals surface area contributed by atoms with Crippen LogP contribution in [0.1, 0.15) is 26.2 Å². The molecule has 1 N–H and O–H groups in total. The van der Waals surface area contributed by atoms with Crippen molar-refractivity contribution < 1.29 is 4.74 Å². The first kappa shape index (κ1) is 16.0. The van der Waals surface area contributed by atoms with Gasteiger partial charge in [-0.15, -0.1) is 0 Å². The van der Waals surface area contributed by atoms with Gasteiger partial charge in [-0.1, -0.05) is 19.1 Å². The molecule has 2 heterocycles. The molecule has 1 unspecified atom stereocenters. The number of nitrogens with one attached hydrogen (secondary N) is 1. The van der Waals surface area contributed by atoms with Crippen LogP contribution in [0.5, 0.6) is 0 Å². The molecule has 1 saturated heterocycles. The minimum atomic E-state index is 0.705. The van der Waals surface area contributed by atoms with Gasteiger partial charge in [0.25, 0.3) is 0 Å². The second-order valence-corrected chi connectivity index (χ2v) is 6.36. The minimum Gasteiger partial charge on any atom is -0.385 e. The van der Waals surface area contributed by atoms with Crippen molar-refractivity contribution in [2.45, 2.75) is 26.2 Å². The lowest BCUT2D eigenvalue weighted by atomic mass is 10.0. The molecule has 23 heavy (non-hydrogen) atoms. The Labute approximate surface area is 138 Å². The molecule has 3 rings (SSSR count). The van der Waals surface area contributed by atoms with Crippen LogP contribution in [0.4, 0.5) is 11.8 Å².